The fourth-order valence-corrected chi connectivity index (χ4v) is 3.66. The topological polar surface area (TPSA) is 75.3 Å². The third-order valence-electron chi connectivity index (χ3n) is 4.00. The summed E-state index contributed by atoms with van der Waals surface area (Å²) >= 11 is 0. The number of sulfone groups is 1. The fourth-order valence-electron chi connectivity index (χ4n) is 2.60. The summed E-state index contributed by atoms with van der Waals surface area (Å²) in [6.45, 7) is 3.30. The summed E-state index contributed by atoms with van der Waals surface area (Å²) in [6.07, 6.45) is 5.61. The first kappa shape index (κ1) is 16.8. The lowest BCUT2D eigenvalue weighted by molar-refractivity contribution is 0.244. The number of urea groups is 1. The molecule has 1 aromatic rings. The Kier molecular flexibility index (Phi) is 5.45. The summed E-state index contributed by atoms with van der Waals surface area (Å²) < 4.78 is 24.1. The van der Waals surface area contributed by atoms with Gasteiger partial charge in [-0.15, -0.1) is 0 Å². The largest absolute Gasteiger partial charge is 0.335 e. The van der Waals surface area contributed by atoms with Crippen LogP contribution in [0.4, 0.5) is 10.5 Å². The molecule has 0 spiro atoms. The van der Waals surface area contributed by atoms with Crippen molar-refractivity contribution in [1.82, 2.24) is 5.32 Å². The second kappa shape index (κ2) is 7.13. The SMILES string of the molecule is CC(C)S(=O)(=O)c1ccc(NC(=O)NC2CCCCC2)cc1. The van der Waals surface area contributed by atoms with Gasteiger partial charge in [-0.25, -0.2) is 13.2 Å². The molecule has 5 nitrogen and oxygen atoms in total. The molecule has 0 atom stereocenters. The molecule has 0 heterocycles. The Hall–Kier alpha value is -1.56. The molecular formula is C16H24N2O3S. The Bertz CT molecular complexity index is 603. The molecule has 0 aromatic heterocycles. The van der Waals surface area contributed by atoms with Crippen molar-refractivity contribution in [3.8, 4) is 0 Å². The molecule has 0 aliphatic heterocycles. The van der Waals surface area contributed by atoms with E-state index in [1.807, 2.05) is 0 Å². The molecule has 0 radical (unpaired) electrons. The highest BCUT2D eigenvalue weighted by atomic mass is 32.2. The molecule has 2 N–H and O–H groups in total. The standard InChI is InChI=1S/C16H24N2O3S/c1-12(2)22(20,21)15-10-8-14(9-11-15)18-16(19)17-13-6-4-3-5-7-13/h8-13H,3-7H2,1-2H3,(H2,17,18,19). The third-order valence-corrected chi connectivity index (χ3v) is 6.17. The number of carbonyl (C=O) groups excluding carboxylic acids is 1. The molecule has 2 rings (SSSR count). The maximum absolute atomic E-state index is 12.0. The second-order valence-corrected chi connectivity index (χ2v) is 8.56. The Balaban J connectivity index is 1.95. The van der Waals surface area contributed by atoms with Crippen LogP contribution in [0.5, 0.6) is 0 Å². The molecule has 0 unspecified atom stereocenters. The van der Waals surface area contributed by atoms with E-state index in [4.69, 9.17) is 0 Å². The van der Waals surface area contributed by atoms with Crippen molar-refractivity contribution in [2.24, 2.45) is 0 Å². The first-order chi connectivity index (χ1) is 10.4. The summed E-state index contributed by atoms with van der Waals surface area (Å²) in [4.78, 5) is 12.2. The van der Waals surface area contributed by atoms with E-state index < -0.39 is 15.1 Å². The molecule has 0 saturated heterocycles. The maximum atomic E-state index is 12.0. The molecule has 1 fully saturated rings. The molecule has 1 saturated carbocycles. The summed E-state index contributed by atoms with van der Waals surface area (Å²) in [6, 6.07) is 6.32. The third kappa shape index (κ3) is 4.22. The molecule has 0 bridgehead atoms. The van der Waals surface area contributed by atoms with Crippen molar-refractivity contribution in [2.75, 3.05) is 5.32 Å². The van der Waals surface area contributed by atoms with E-state index in [1.54, 1.807) is 26.0 Å². The van der Waals surface area contributed by atoms with Crippen molar-refractivity contribution in [2.45, 2.75) is 62.1 Å². The van der Waals surface area contributed by atoms with Gasteiger partial charge in [-0.1, -0.05) is 19.3 Å². The predicted octanol–water partition coefficient (Wildman–Crippen LogP) is 3.32. The fraction of sp³-hybridized carbons (Fsp3) is 0.562. The van der Waals surface area contributed by atoms with Crippen molar-refractivity contribution >= 4 is 21.6 Å². The van der Waals surface area contributed by atoms with E-state index in [-0.39, 0.29) is 17.0 Å². The molecule has 122 valence electrons. The lowest BCUT2D eigenvalue weighted by atomic mass is 9.96. The van der Waals surface area contributed by atoms with Crippen LogP contribution < -0.4 is 10.6 Å². The minimum Gasteiger partial charge on any atom is -0.335 e. The van der Waals surface area contributed by atoms with Gasteiger partial charge in [-0.3, -0.25) is 0 Å². The van der Waals surface area contributed by atoms with Gasteiger partial charge in [0, 0.05) is 11.7 Å². The number of hydrogen-bond donors (Lipinski definition) is 2. The molecule has 2 amide bonds. The second-order valence-electron chi connectivity index (χ2n) is 6.05. The minimum absolute atomic E-state index is 0.230. The van der Waals surface area contributed by atoms with E-state index in [9.17, 15) is 13.2 Å². The minimum atomic E-state index is -3.27. The lowest BCUT2D eigenvalue weighted by Gasteiger charge is -2.22. The number of carbonyl (C=O) groups is 1. The number of amides is 2. The molecule has 1 aliphatic carbocycles. The molecule has 1 aliphatic rings. The zero-order valence-corrected chi connectivity index (χ0v) is 13.9. The van der Waals surface area contributed by atoms with Crippen LogP contribution >= 0.6 is 0 Å². The normalized spacial score (nSPS) is 16.5. The average Bonchev–Trinajstić information content (AvgIpc) is 2.48. The summed E-state index contributed by atoms with van der Waals surface area (Å²) in [7, 11) is -3.27. The van der Waals surface area contributed by atoms with Crippen molar-refractivity contribution in [1.29, 1.82) is 0 Å². The van der Waals surface area contributed by atoms with Crippen molar-refractivity contribution < 1.29 is 13.2 Å². The highest BCUT2D eigenvalue weighted by molar-refractivity contribution is 7.92. The van der Waals surface area contributed by atoms with Crippen molar-refractivity contribution in [3.05, 3.63) is 24.3 Å². The lowest BCUT2D eigenvalue weighted by Crippen LogP contribution is -2.39. The number of nitrogens with one attached hydrogen (secondary N) is 2. The predicted molar refractivity (Wildman–Crippen MR) is 87.8 cm³/mol. The highest BCUT2D eigenvalue weighted by Gasteiger charge is 2.19. The highest BCUT2D eigenvalue weighted by Crippen LogP contribution is 2.19. The van der Waals surface area contributed by atoms with E-state index >= 15 is 0 Å². The van der Waals surface area contributed by atoms with Gasteiger partial charge in [0.1, 0.15) is 0 Å². The Labute approximate surface area is 132 Å². The van der Waals surface area contributed by atoms with Gasteiger partial charge in [0.15, 0.2) is 9.84 Å². The van der Waals surface area contributed by atoms with Crippen LogP contribution in [0.15, 0.2) is 29.2 Å². The number of benzene rings is 1. The molecular weight excluding hydrogens is 300 g/mol. The van der Waals surface area contributed by atoms with Crippen molar-refractivity contribution in [3.63, 3.8) is 0 Å². The van der Waals surface area contributed by atoms with Gasteiger partial charge in [-0.05, 0) is 51.0 Å². The van der Waals surface area contributed by atoms with Crippen LogP contribution in [-0.4, -0.2) is 25.7 Å². The van der Waals surface area contributed by atoms with Gasteiger partial charge >= 0.3 is 6.03 Å². The number of rotatable bonds is 4. The van der Waals surface area contributed by atoms with Crippen LogP contribution in [0.25, 0.3) is 0 Å². The molecule has 6 heteroatoms. The smallest absolute Gasteiger partial charge is 0.319 e. The van der Waals surface area contributed by atoms with Crippen LogP contribution in [0.1, 0.15) is 46.0 Å². The van der Waals surface area contributed by atoms with Crippen LogP contribution in [0.3, 0.4) is 0 Å². The zero-order chi connectivity index (χ0) is 16.2. The Morgan fingerprint density at radius 3 is 2.23 bits per heavy atom. The summed E-state index contributed by atoms with van der Waals surface area (Å²) in [5.41, 5.74) is 0.594. The van der Waals surface area contributed by atoms with E-state index in [1.165, 1.54) is 18.6 Å². The van der Waals surface area contributed by atoms with Crippen LogP contribution in [-0.2, 0) is 9.84 Å². The monoisotopic (exact) mass is 324 g/mol. The average molecular weight is 324 g/mol. The Morgan fingerprint density at radius 2 is 1.68 bits per heavy atom. The van der Waals surface area contributed by atoms with Gasteiger partial charge in [-0.2, -0.15) is 0 Å². The first-order valence-corrected chi connectivity index (χ1v) is 9.35. The van der Waals surface area contributed by atoms with Gasteiger partial charge in [0.05, 0.1) is 10.1 Å². The summed E-state index contributed by atoms with van der Waals surface area (Å²) in [5, 5.41) is 5.26. The number of anilines is 1. The molecule has 22 heavy (non-hydrogen) atoms. The van der Waals surface area contributed by atoms with Gasteiger partial charge in [0.2, 0.25) is 0 Å². The van der Waals surface area contributed by atoms with Crippen LogP contribution in [0.2, 0.25) is 0 Å². The maximum Gasteiger partial charge on any atom is 0.319 e. The van der Waals surface area contributed by atoms with Crippen LogP contribution in [0, 0.1) is 0 Å². The first-order valence-electron chi connectivity index (χ1n) is 7.81. The quantitative estimate of drug-likeness (QED) is 0.892. The van der Waals surface area contributed by atoms with Gasteiger partial charge < -0.3 is 10.6 Å². The zero-order valence-electron chi connectivity index (χ0n) is 13.1. The van der Waals surface area contributed by atoms with Gasteiger partial charge in [0.25, 0.3) is 0 Å². The Morgan fingerprint density at radius 1 is 1.09 bits per heavy atom. The number of hydrogen-bond acceptors (Lipinski definition) is 3. The van der Waals surface area contributed by atoms with E-state index in [0.717, 1.165) is 25.7 Å². The van der Waals surface area contributed by atoms with E-state index in [2.05, 4.69) is 10.6 Å². The van der Waals surface area contributed by atoms with E-state index in [0.29, 0.717) is 5.69 Å². The molecule has 1 aromatic carbocycles. The summed E-state index contributed by atoms with van der Waals surface area (Å²) in [5.74, 6) is 0.